The summed E-state index contributed by atoms with van der Waals surface area (Å²) < 4.78 is 0. The minimum absolute atomic E-state index is 0.458. The van der Waals surface area contributed by atoms with Gasteiger partial charge < -0.3 is 5.73 Å². The van der Waals surface area contributed by atoms with Crippen molar-refractivity contribution in [1.29, 1.82) is 0 Å². The van der Waals surface area contributed by atoms with E-state index >= 15 is 0 Å². The summed E-state index contributed by atoms with van der Waals surface area (Å²) in [5.41, 5.74) is 8.22. The van der Waals surface area contributed by atoms with Crippen LogP contribution in [0, 0.1) is 0 Å². The van der Waals surface area contributed by atoms with Crippen LogP contribution in [0.1, 0.15) is 45.4 Å². The fourth-order valence-electron chi connectivity index (χ4n) is 0.957. The van der Waals surface area contributed by atoms with E-state index in [1.54, 1.807) is 0 Å². The number of hydrogen-bond donors (Lipinski definition) is 2. The molecular formula is C9H22N2OSe. The van der Waals surface area contributed by atoms with Gasteiger partial charge in [-0.25, -0.2) is 0 Å². The number of hydrogen-bond acceptors (Lipinski definition) is 1. The van der Waals surface area contributed by atoms with Gasteiger partial charge in [-0.2, -0.15) is 0 Å². The van der Waals surface area contributed by atoms with Crippen LogP contribution in [0.3, 0.4) is 0 Å². The molecular weight excluding hydrogens is 231 g/mol. The number of amides is 1. The van der Waals surface area contributed by atoms with Crippen LogP contribution >= 0.6 is 0 Å². The summed E-state index contributed by atoms with van der Waals surface area (Å²) in [6, 6.07) is 0. The third-order valence-corrected chi connectivity index (χ3v) is 1.60. The Morgan fingerprint density at radius 2 is 1.62 bits per heavy atom. The van der Waals surface area contributed by atoms with E-state index in [0.717, 1.165) is 6.54 Å². The van der Waals surface area contributed by atoms with Gasteiger partial charge in [0.15, 0.2) is 0 Å². The molecule has 80 valence electrons. The number of rotatable bonds is 6. The monoisotopic (exact) mass is 254 g/mol. The zero-order valence-electron chi connectivity index (χ0n) is 8.55. The van der Waals surface area contributed by atoms with E-state index in [4.69, 9.17) is 4.79 Å². The van der Waals surface area contributed by atoms with Gasteiger partial charge in [0.25, 0.3) is 0 Å². The minimum atomic E-state index is -0.458. The van der Waals surface area contributed by atoms with E-state index in [1.807, 2.05) is 16.0 Å². The first kappa shape index (κ1) is 15.4. The van der Waals surface area contributed by atoms with E-state index in [1.165, 1.54) is 38.5 Å². The Hall–Kier alpha value is -0.0505. The molecule has 5 N–H and O–H groups in total. The number of primary amides is 1. The molecule has 4 heteroatoms. The Kier molecular flexibility index (Phi) is 17.2. The van der Waals surface area contributed by atoms with E-state index in [2.05, 4.69) is 18.4 Å². The molecule has 1 amide bonds. The van der Waals surface area contributed by atoms with Gasteiger partial charge in [0, 0.05) is 0 Å². The molecule has 0 aliphatic rings. The predicted molar refractivity (Wildman–Crippen MR) is 56.5 cm³/mol. The number of unbranched alkanes of at least 4 members (excludes halogenated alkanes) is 5. The zero-order chi connectivity index (χ0) is 10.5. The van der Waals surface area contributed by atoms with Gasteiger partial charge in [-0.3, -0.25) is 0 Å². The SMILES string of the molecule is CCCCCCCC[NH3+].NC(=O)[Se-]. The molecule has 0 spiro atoms. The van der Waals surface area contributed by atoms with Crippen molar-refractivity contribution in [1.82, 2.24) is 0 Å². The number of carbonyl (C=O) groups excluding carboxylic acids is 1. The van der Waals surface area contributed by atoms with Crippen molar-refractivity contribution in [2.24, 2.45) is 5.73 Å². The second-order valence-electron chi connectivity index (χ2n) is 2.94. The first-order chi connectivity index (χ1) is 6.15. The number of nitrogens with two attached hydrogens (primary N) is 1. The molecule has 0 rings (SSSR count). The quantitative estimate of drug-likeness (QED) is 0.534. The molecule has 0 saturated heterocycles. The molecule has 0 radical (unpaired) electrons. The summed E-state index contributed by atoms with van der Waals surface area (Å²) in [6.07, 6.45) is 8.33. The van der Waals surface area contributed by atoms with E-state index in [0.29, 0.717) is 0 Å². The van der Waals surface area contributed by atoms with Crippen LogP contribution in [-0.2, 0) is 0 Å². The average molecular weight is 253 g/mol. The molecule has 0 saturated carbocycles. The summed E-state index contributed by atoms with van der Waals surface area (Å²) in [6.45, 7) is 3.37. The maximum atomic E-state index is 9.17. The van der Waals surface area contributed by atoms with Gasteiger partial charge in [0.2, 0.25) is 0 Å². The van der Waals surface area contributed by atoms with Crippen LogP contribution < -0.4 is 11.5 Å². The van der Waals surface area contributed by atoms with Crippen molar-refractivity contribution in [2.75, 3.05) is 6.54 Å². The average Bonchev–Trinajstić information content (AvgIpc) is 2.03. The summed E-state index contributed by atoms with van der Waals surface area (Å²) in [4.78, 5) is 8.71. The maximum absolute atomic E-state index is 9.17. The van der Waals surface area contributed by atoms with Crippen molar-refractivity contribution in [3.05, 3.63) is 0 Å². The van der Waals surface area contributed by atoms with Crippen LogP contribution in [0.25, 0.3) is 0 Å². The molecule has 0 aromatic carbocycles. The Morgan fingerprint density at radius 3 is 2.00 bits per heavy atom. The normalized spacial score (nSPS) is 8.77. The summed E-state index contributed by atoms with van der Waals surface area (Å²) >= 11 is 2.04. The Bertz CT molecular complexity index is 99.8. The van der Waals surface area contributed by atoms with Crippen LogP contribution in [0.2, 0.25) is 0 Å². The second-order valence-corrected chi connectivity index (χ2v) is 3.78. The van der Waals surface area contributed by atoms with Crippen molar-refractivity contribution < 1.29 is 10.5 Å². The van der Waals surface area contributed by atoms with Gasteiger partial charge in [-0.15, -0.1) is 0 Å². The van der Waals surface area contributed by atoms with E-state index < -0.39 is 4.81 Å². The standard InChI is InChI=1S/C8H19N.CH3NOSe/c1-2-3-4-5-6-7-8-9;2-1(3)4/h2-9H2,1H3;(H3,2,3,4). The molecule has 0 bridgehead atoms. The summed E-state index contributed by atoms with van der Waals surface area (Å²) in [7, 11) is 0. The van der Waals surface area contributed by atoms with Crippen molar-refractivity contribution >= 4 is 20.8 Å². The third-order valence-electron chi connectivity index (χ3n) is 1.60. The molecule has 3 nitrogen and oxygen atoms in total. The number of carbonyl (C=O) groups is 1. The van der Waals surface area contributed by atoms with Crippen molar-refractivity contribution in [3.63, 3.8) is 0 Å². The van der Waals surface area contributed by atoms with Crippen molar-refractivity contribution in [2.45, 2.75) is 45.4 Å². The Labute approximate surface area is 89.4 Å². The van der Waals surface area contributed by atoms with E-state index in [-0.39, 0.29) is 0 Å². The molecule has 0 atom stereocenters. The second kappa shape index (κ2) is 14.5. The molecule has 0 aromatic heterocycles. The first-order valence-electron chi connectivity index (χ1n) is 4.90. The van der Waals surface area contributed by atoms with E-state index in [9.17, 15) is 0 Å². The third kappa shape index (κ3) is 33.4. The number of quaternary nitrogens is 1. The predicted octanol–water partition coefficient (Wildman–Crippen LogP) is 0.822. The fourth-order valence-corrected chi connectivity index (χ4v) is 0.957. The van der Waals surface area contributed by atoms with Crippen molar-refractivity contribution in [3.8, 4) is 0 Å². The van der Waals surface area contributed by atoms with Crippen LogP contribution in [0.15, 0.2) is 0 Å². The Morgan fingerprint density at radius 1 is 1.23 bits per heavy atom. The fraction of sp³-hybridized carbons (Fsp3) is 0.889. The zero-order valence-corrected chi connectivity index (χ0v) is 10.3. The molecule has 13 heavy (non-hydrogen) atoms. The van der Waals surface area contributed by atoms with Gasteiger partial charge in [-0.05, 0) is 12.8 Å². The molecule has 0 aromatic rings. The van der Waals surface area contributed by atoms with Gasteiger partial charge in [0.05, 0.1) is 6.54 Å². The first-order valence-corrected chi connectivity index (χ1v) is 5.76. The summed E-state index contributed by atoms with van der Waals surface area (Å²) in [5, 5.41) is 0. The summed E-state index contributed by atoms with van der Waals surface area (Å²) in [5.74, 6) is 0. The van der Waals surface area contributed by atoms with Crippen LogP contribution in [0.5, 0.6) is 0 Å². The van der Waals surface area contributed by atoms with Crippen LogP contribution in [-0.4, -0.2) is 27.4 Å². The molecule has 0 aliphatic heterocycles. The Balaban J connectivity index is 0. The molecule has 0 unspecified atom stereocenters. The van der Waals surface area contributed by atoms with Gasteiger partial charge in [-0.1, -0.05) is 32.6 Å². The van der Waals surface area contributed by atoms with Crippen LogP contribution in [0.4, 0.5) is 4.79 Å². The molecule has 0 heterocycles. The van der Waals surface area contributed by atoms with Gasteiger partial charge >= 0.3 is 31.3 Å². The molecule has 0 aliphatic carbocycles. The molecule has 0 fully saturated rings. The topological polar surface area (TPSA) is 70.7 Å². The van der Waals surface area contributed by atoms with Gasteiger partial charge in [0.1, 0.15) is 0 Å².